The lowest BCUT2D eigenvalue weighted by atomic mass is 10.2. The van der Waals surface area contributed by atoms with Crippen LogP contribution >= 0.6 is 35.3 Å². The molecule has 0 saturated carbocycles. The van der Waals surface area contributed by atoms with Gasteiger partial charge in [0.2, 0.25) is 10.0 Å². The molecule has 0 aliphatic heterocycles. The Morgan fingerprint density at radius 1 is 1.25 bits per heavy atom. The molecule has 0 radical (unpaired) electrons. The Labute approximate surface area is 188 Å². The van der Waals surface area contributed by atoms with Crippen LogP contribution in [0.4, 0.5) is 0 Å². The highest BCUT2D eigenvalue weighted by Gasteiger charge is 2.13. The SMILES string of the molecule is CCNC(=NCCNS(=O)(=O)c1ccc(C)cc1)N(C)Cc1csc(C)n1.I. The Bertz CT molecular complexity index is 866. The van der Waals surface area contributed by atoms with Gasteiger partial charge in [0, 0.05) is 25.5 Å². The molecule has 28 heavy (non-hydrogen) atoms. The van der Waals surface area contributed by atoms with E-state index >= 15 is 0 Å². The zero-order chi connectivity index (χ0) is 19.9. The summed E-state index contributed by atoms with van der Waals surface area (Å²) in [5.74, 6) is 0.720. The monoisotopic (exact) mass is 537 g/mol. The summed E-state index contributed by atoms with van der Waals surface area (Å²) in [5.41, 5.74) is 2.01. The summed E-state index contributed by atoms with van der Waals surface area (Å²) in [4.78, 5) is 11.2. The summed E-state index contributed by atoms with van der Waals surface area (Å²) >= 11 is 1.62. The van der Waals surface area contributed by atoms with Crippen LogP contribution in [0.2, 0.25) is 0 Å². The number of hydrogen-bond donors (Lipinski definition) is 2. The number of hydrogen-bond acceptors (Lipinski definition) is 5. The third-order valence-electron chi connectivity index (χ3n) is 3.76. The highest BCUT2D eigenvalue weighted by molar-refractivity contribution is 14.0. The van der Waals surface area contributed by atoms with E-state index < -0.39 is 10.0 Å². The maximum Gasteiger partial charge on any atom is 0.240 e. The number of nitrogens with zero attached hydrogens (tertiary/aromatic N) is 3. The molecule has 2 aromatic rings. The number of nitrogens with one attached hydrogen (secondary N) is 2. The minimum Gasteiger partial charge on any atom is -0.357 e. The van der Waals surface area contributed by atoms with Gasteiger partial charge in [0.25, 0.3) is 0 Å². The number of guanidine groups is 1. The first-order chi connectivity index (χ1) is 12.8. The van der Waals surface area contributed by atoms with Crippen LogP contribution in [0.5, 0.6) is 0 Å². The molecular formula is C18H28IN5O2S2. The molecule has 2 N–H and O–H groups in total. The van der Waals surface area contributed by atoms with Crippen molar-refractivity contribution in [2.75, 3.05) is 26.7 Å². The van der Waals surface area contributed by atoms with Crippen LogP contribution in [0.3, 0.4) is 0 Å². The molecule has 0 fully saturated rings. The molecule has 1 aromatic heterocycles. The molecule has 1 heterocycles. The lowest BCUT2D eigenvalue weighted by Gasteiger charge is -2.21. The number of halogens is 1. The van der Waals surface area contributed by atoms with Crippen molar-refractivity contribution >= 4 is 51.3 Å². The molecule has 0 aliphatic carbocycles. The second kappa shape index (κ2) is 11.7. The second-order valence-corrected chi connectivity index (χ2v) is 8.99. The summed E-state index contributed by atoms with van der Waals surface area (Å²) in [6.45, 7) is 7.84. The molecule has 156 valence electrons. The van der Waals surface area contributed by atoms with E-state index in [-0.39, 0.29) is 35.4 Å². The van der Waals surface area contributed by atoms with Gasteiger partial charge in [-0.1, -0.05) is 17.7 Å². The molecule has 0 bridgehead atoms. The maximum atomic E-state index is 12.3. The Morgan fingerprint density at radius 2 is 1.93 bits per heavy atom. The van der Waals surface area contributed by atoms with E-state index in [1.165, 1.54) is 0 Å². The summed E-state index contributed by atoms with van der Waals surface area (Å²) in [6, 6.07) is 6.78. The third-order valence-corrected chi connectivity index (χ3v) is 6.06. The van der Waals surface area contributed by atoms with Crippen molar-refractivity contribution in [3.8, 4) is 0 Å². The van der Waals surface area contributed by atoms with Gasteiger partial charge in [-0.25, -0.2) is 18.1 Å². The standard InChI is InChI=1S/C18H27N5O2S2.HI/c1-5-19-18(23(4)12-16-13-26-15(3)22-16)20-10-11-21-27(24,25)17-8-6-14(2)7-9-17;/h6-9,13,21H,5,10-12H2,1-4H3,(H,19,20);1H. The van der Waals surface area contributed by atoms with E-state index in [0.29, 0.717) is 13.1 Å². The number of sulfonamides is 1. The Morgan fingerprint density at radius 3 is 2.50 bits per heavy atom. The molecular weight excluding hydrogens is 509 g/mol. The molecule has 0 atom stereocenters. The van der Waals surface area contributed by atoms with E-state index in [1.807, 2.05) is 38.1 Å². The number of aromatic nitrogens is 1. The largest absolute Gasteiger partial charge is 0.357 e. The number of thiazole rings is 1. The van der Waals surface area contributed by atoms with E-state index in [4.69, 9.17) is 0 Å². The predicted octanol–water partition coefficient (Wildman–Crippen LogP) is 2.75. The summed E-state index contributed by atoms with van der Waals surface area (Å²) < 4.78 is 27.2. The maximum absolute atomic E-state index is 12.3. The highest BCUT2D eigenvalue weighted by Crippen LogP contribution is 2.10. The van der Waals surface area contributed by atoms with Gasteiger partial charge in [0.1, 0.15) is 0 Å². The Balaban J connectivity index is 0.00000392. The minimum absolute atomic E-state index is 0. The average molecular weight is 537 g/mol. The smallest absolute Gasteiger partial charge is 0.240 e. The van der Waals surface area contributed by atoms with E-state index in [9.17, 15) is 8.42 Å². The van der Waals surface area contributed by atoms with Gasteiger partial charge in [-0.05, 0) is 32.9 Å². The van der Waals surface area contributed by atoms with Crippen molar-refractivity contribution in [3.63, 3.8) is 0 Å². The topological polar surface area (TPSA) is 86.7 Å². The number of rotatable bonds is 8. The fraction of sp³-hybridized carbons (Fsp3) is 0.444. The van der Waals surface area contributed by atoms with Gasteiger partial charge in [-0.15, -0.1) is 35.3 Å². The van der Waals surface area contributed by atoms with Crippen molar-refractivity contribution in [3.05, 3.63) is 45.9 Å². The molecule has 10 heteroatoms. The van der Waals surface area contributed by atoms with Crippen molar-refractivity contribution in [2.24, 2.45) is 4.99 Å². The molecule has 1 aromatic carbocycles. The summed E-state index contributed by atoms with van der Waals surface area (Å²) in [7, 11) is -1.58. The molecule has 0 saturated heterocycles. The van der Waals surface area contributed by atoms with E-state index in [2.05, 4.69) is 20.0 Å². The van der Waals surface area contributed by atoms with Crippen molar-refractivity contribution in [2.45, 2.75) is 32.2 Å². The summed E-state index contributed by atoms with van der Waals surface area (Å²) in [6.07, 6.45) is 0. The quantitative estimate of drug-likeness (QED) is 0.234. The van der Waals surface area contributed by atoms with E-state index in [1.54, 1.807) is 35.6 Å². The molecule has 0 unspecified atom stereocenters. The third kappa shape index (κ3) is 7.64. The fourth-order valence-corrected chi connectivity index (χ4v) is 4.04. The van der Waals surface area contributed by atoms with Crippen LogP contribution in [-0.2, 0) is 16.6 Å². The zero-order valence-corrected chi connectivity index (χ0v) is 20.6. The van der Waals surface area contributed by atoms with Gasteiger partial charge in [0.15, 0.2) is 5.96 Å². The van der Waals surface area contributed by atoms with Crippen LogP contribution in [-0.4, -0.2) is 50.9 Å². The molecule has 0 amide bonds. The van der Waals surface area contributed by atoms with Crippen LogP contribution in [0.15, 0.2) is 39.5 Å². The molecule has 7 nitrogen and oxygen atoms in total. The van der Waals surface area contributed by atoms with Crippen LogP contribution in [0, 0.1) is 13.8 Å². The average Bonchev–Trinajstić information content (AvgIpc) is 3.02. The number of benzene rings is 1. The fourth-order valence-electron chi connectivity index (χ4n) is 2.41. The van der Waals surface area contributed by atoms with Gasteiger partial charge in [-0.2, -0.15) is 0 Å². The normalized spacial score (nSPS) is 11.8. The Kier molecular flexibility index (Phi) is 10.4. The van der Waals surface area contributed by atoms with E-state index in [0.717, 1.165) is 28.8 Å². The second-order valence-electron chi connectivity index (χ2n) is 6.16. The first-order valence-electron chi connectivity index (χ1n) is 8.78. The molecule has 0 aliphatic rings. The summed E-state index contributed by atoms with van der Waals surface area (Å²) in [5, 5.41) is 6.29. The Hall–Kier alpha value is -1.24. The molecule has 0 spiro atoms. The van der Waals surface area contributed by atoms with Gasteiger partial charge >= 0.3 is 0 Å². The number of aliphatic imine (C=N–C) groups is 1. The highest BCUT2D eigenvalue weighted by atomic mass is 127. The van der Waals surface area contributed by atoms with Gasteiger partial charge in [-0.3, -0.25) is 4.99 Å². The van der Waals surface area contributed by atoms with Gasteiger partial charge < -0.3 is 10.2 Å². The zero-order valence-electron chi connectivity index (χ0n) is 16.6. The van der Waals surface area contributed by atoms with Crippen molar-refractivity contribution in [1.82, 2.24) is 19.9 Å². The van der Waals surface area contributed by atoms with Crippen LogP contribution < -0.4 is 10.0 Å². The first kappa shape index (κ1) is 24.8. The van der Waals surface area contributed by atoms with Crippen LogP contribution in [0.1, 0.15) is 23.2 Å². The predicted molar refractivity (Wildman–Crippen MR) is 126 cm³/mol. The van der Waals surface area contributed by atoms with Crippen LogP contribution in [0.25, 0.3) is 0 Å². The lowest BCUT2D eigenvalue weighted by Crippen LogP contribution is -2.39. The first-order valence-corrected chi connectivity index (χ1v) is 11.1. The molecule has 2 rings (SSSR count). The lowest BCUT2D eigenvalue weighted by molar-refractivity contribution is 0.471. The number of aryl methyl sites for hydroxylation is 2. The minimum atomic E-state index is -3.52. The van der Waals surface area contributed by atoms with Crippen molar-refractivity contribution < 1.29 is 8.42 Å². The van der Waals surface area contributed by atoms with Gasteiger partial charge in [0.05, 0.1) is 28.7 Å². The van der Waals surface area contributed by atoms with Crippen molar-refractivity contribution in [1.29, 1.82) is 0 Å².